The molecule has 0 atom stereocenters. The number of nitrogen functional groups attached to an aromatic ring is 1. The Morgan fingerprint density at radius 1 is 1.03 bits per heavy atom. The molecule has 0 bridgehead atoms. The van der Waals surface area contributed by atoms with Gasteiger partial charge in [0.05, 0.1) is 11.9 Å². The van der Waals surface area contributed by atoms with Crippen LogP contribution in [0.5, 0.6) is 5.75 Å². The van der Waals surface area contributed by atoms with E-state index in [0.717, 1.165) is 28.0 Å². The number of nitrogens with two attached hydrogens (primary N) is 1. The Morgan fingerprint density at radius 3 is 2.54 bits per heavy atom. The fourth-order valence-corrected chi connectivity index (χ4v) is 4.28. The average molecular weight is 525 g/mol. The number of carbonyl (C=O) groups excluding carboxylic acids is 1. The Hall–Kier alpha value is -4.66. The molecule has 0 aliphatic carbocycles. The molecule has 1 aliphatic heterocycles. The molecular formula is C30H32N6O3. The minimum Gasteiger partial charge on any atom is -0.488 e. The van der Waals surface area contributed by atoms with Crippen LogP contribution in [0.1, 0.15) is 32.8 Å². The van der Waals surface area contributed by atoms with Gasteiger partial charge in [-0.3, -0.25) is 0 Å². The van der Waals surface area contributed by atoms with E-state index < -0.39 is 5.60 Å². The number of ether oxygens (including phenoxy) is 2. The molecule has 2 N–H and O–H groups in total. The number of nitrogens with zero attached hydrogens (tertiary/aromatic N) is 5. The number of amides is 1. The molecule has 9 nitrogen and oxygen atoms in total. The maximum Gasteiger partial charge on any atom is 0.410 e. The van der Waals surface area contributed by atoms with Gasteiger partial charge in [-0.2, -0.15) is 5.10 Å². The summed E-state index contributed by atoms with van der Waals surface area (Å²) in [7, 11) is 0. The Bertz CT molecular complexity index is 1490. The molecule has 1 aliphatic rings. The van der Waals surface area contributed by atoms with Gasteiger partial charge >= 0.3 is 6.09 Å². The van der Waals surface area contributed by atoms with Gasteiger partial charge in [0.15, 0.2) is 5.82 Å². The lowest BCUT2D eigenvalue weighted by Gasteiger charge is -2.29. The highest BCUT2D eigenvalue weighted by molar-refractivity contribution is 5.79. The zero-order valence-corrected chi connectivity index (χ0v) is 22.4. The SMILES string of the molecule is CC(C)(C)OC(=O)N1CC=C(n2cc(-c3cc(-c4ccccc4OCc4ccccc4)nnc3N)cn2)CC1. The summed E-state index contributed by atoms with van der Waals surface area (Å²) in [5.74, 6) is 1.03. The van der Waals surface area contributed by atoms with Crippen molar-refractivity contribution in [2.24, 2.45) is 0 Å². The summed E-state index contributed by atoms with van der Waals surface area (Å²) in [5.41, 5.74) is 10.8. The van der Waals surface area contributed by atoms with Crippen LogP contribution in [-0.4, -0.2) is 49.7 Å². The predicted octanol–water partition coefficient (Wildman–Crippen LogP) is 5.65. The third kappa shape index (κ3) is 6.26. The normalized spacial score (nSPS) is 13.6. The van der Waals surface area contributed by atoms with Crippen LogP contribution in [0.4, 0.5) is 10.6 Å². The summed E-state index contributed by atoms with van der Waals surface area (Å²) in [6.45, 7) is 7.05. The minimum atomic E-state index is -0.524. The van der Waals surface area contributed by atoms with Crippen molar-refractivity contribution >= 4 is 17.6 Å². The molecule has 0 radical (unpaired) electrons. The third-order valence-corrected chi connectivity index (χ3v) is 6.25. The average Bonchev–Trinajstić information content (AvgIpc) is 3.42. The van der Waals surface area contributed by atoms with E-state index in [1.807, 2.05) is 98.4 Å². The molecule has 0 spiro atoms. The molecule has 5 rings (SSSR count). The van der Waals surface area contributed by atoms with E-state index >= 15 is 0 Å². The van der Waals surface area contributed by atoms with Crippen molar-refractivity contribution in [1.82, 2.24) is 24.9 Å². The van der Waals surface area contributed by atoms with Gasteiger partial charge in [0.2, 0.25) is 0 Å². The van der Waals surface area contributed by atoms with E-state index in [9.17, 15) is 4.79 Å². The standard InChI is InChI=1S/C30H32N6O3/c1-30(2,3)39-29(37)35-15-13-23(14-16-35)36-19-22(18-32-36)25-17-26(33-34-28(25)31)24-11-7-8-12-27(24)38-20-21-9-5-4-6-10-21/h4-13,17-19H,14-16,20H2,1-3H3,(H2,31,34). The second-order valence-electron chi connectivity index (χ2n) is 10.3. The monoisotopic (exact) mass is 524 g/mol. The van der Waals surface area contributed by atoms with Crippen molar-refractivity contribution in [2.75, 3.05) is 18.8 Å². The van der Waals surface area contributed by atoms with Crippen molar-refractivity contribution in [1.29, 1.82) is 0 Å². The molecular weight excluding hydrogens is 492 g/mol. The highest BCUT2D eigenvalue weighted by Crippen LogP contribution is 2.33. The number of hydrogen-bond acceptors (Lipinski definition) is 7. The summed E-state index contributed by atoms with van der Waals surface area (Å²) < 4.78 is 13.4. The van der Waals surface area contributed by atoms with Gasteiger partial charge in [0, 0.05) is 48.1 Å². The molecule has 1 amide bonds. The van der Waals surface area contributed by atoms with Gasteiger partial charge in [0.25, 0.3) is 0 Å². The van der Waals surface area contributed by atoms with E-state index in [2.05, 4.69) is 15.3 Å². The maximum absolute atomic E-state index is 12.4. The molecule has 0 saturated carbocycles. The summed E-state index contributed by atoms with van der Waals surface area (Å²) in [4.78, 5) is 14.1. The van der Waals surface area contributed by atoms with Crippen LogP contribution in [0.15, 0.2) is 79.1 Å². The lowest BCUT2D eigenvalue weighted by atomic mass is 10.1. The molecule has 0 saturated heterocycles. The summed E-state index contributed by atoms with van der Waals surface area (Å²) in [5, 5.41) is 13.1. The molecule has 3 heterocycles. The number of hydrogen-bond donors (Lipinski definition) is 1. The van der Waals surface area contributed by atoms with Crippen molar-refractivity contribution in [2.45, 2.75) is 39.4 Å². The summed E-state index contributed by atoms with van der Waals surface area (Å²) >= 11 is 0. The highest BCUT2D eigenvalue weighted by atomic mass is 16.6. The van der Waals surface area contributed by atoms with Crippen LogP contribution < -0.4 is 10.5 Å². The second-order valence-corrected chi connectivity index (χ2v) is 10.3. The van der Waals surface area contributed by atoms with Crippen molar-refractivity contribution < 1.29 is 14.3 Å². The van der Waals surface area contributed by atoms with E-state index in [4.69, 9.17) is 15.2 Å². The first-order valence-electron chi connectivity index (χ1n) is 12.9. The van der Waals surface area contributed by atoms with Gasteiger partial charge < -0.3 is 20.1 Å². The quantitative estimate of drug-likeness (QED) is 0.347. The van der Waals surface area contributed by atoms with Crippen molar-refractivity contribution in [3.05, 3.63) is 84.7 Å². The molecule has 2 aromatic heterocycles. The summed E-state index contributed by atoms with van der Waals surface area (Å²) in [6.07, 6.45) is 6.02. The van der Waals surface area contributed by atoms with Gasteiger partial charge in [-0.05, 0) is 50.6 Å². The second kappa shape index (κ2) is 11.0. The molecule has 2 aromatic carbocycles. The van der Waals surface area contributed by atoms with Crippen LogP contribution in [0.3, 0.4) is 0 Å². The lowest BCUT2D eigenvalue weighted by molar-refractivity contribution is 0.0269. The Labute approximate surface area is 227 Å². The molecule has 39 heavy (non-hydrogen) atoms. The lowest BCUT2D eigenvalue weighted by Crippen LogP contribution is -2.39. The zero-order chi connectivity index (χ0) is 27.4. The fraction of sp³-hybridized carbons (Fsp3) is 0.267. The Kier molecular flexibility index (Phi) is 7.31. The van der Waals surface area contributed by atoms with Crippen LogP contribution in [-0.2, 0) is 11.3 Å². The topological polar surface area (TPSA) is 108 Å². The van der Waals surface area contributed by atoms with Crippen molar-refractivity contribution in [3.63, 3.8) is 0 Å². The van der Waals surface area contributed by atoms with Gasteiger partial charge in [-0.15, -0.1) is 10.2 Å². The van der Waals surface area contributed by atoms with Gasteiger partial charge in [-0.25, -0.2) is 9.48 Å². The predicted molar refractivity (Wildman–Crippen MR) is 151 cm³/mol. The smallest absolute Gasteiger partial charge is 0.410 e. The number of rotatable bonds is 6. The van der Waals surface area contributed by atoms with Crippen LogP contribution in [0.25, 0.3) is 28.1 Å². The third-order valence-electron chi connectivity index (χ3n) is 6.25. The first-order valence-corrected chi connectivity index (χ1v) is 12.9. The molecule has 4 aromatic rings. The van der Waals surface area contributed by atoms with E-state index in [1.54, 1.807) is 11.1 Å². The first kappa shape index (κ1) is 26.0. The molecule has 200 valence electrons. The van der Waals surface area contributed by atoms with E-state index in [-0.39, 0.29) is 6.09 Å². The molecule has 0 unspecified atom stereocenters. The number of para-hydroxylation sites is 1. The molecule has 0 fully saturated rings. The zero-order valence-electron chi connectivity index (χ0n) is 22.4. The highest BCUT2D eigenvalue weighted by Gasteiger charge is 2.24. The van der Waals surface area contributed by atoms with Crippen molar-refractivity contribution in [3.8, 4) is 28.1 Å². The van der Waals surface area contributed by atoms with Gasteiger partial charge in [0.1, 0.15) is 18.0 Å². The largest absolute Gasteiger partial charge is 0.488 e. The first-order chi connectivity index (χ1) is 18.8. The van der Waals surface area contributed by atoms with E-state index in [1.165, 1.54) is 0 Å². The van der Waals surface area contributed by atoms with Crippen LogP contribution in [0, 0.1) is 0 Å². The number of anilines is 1. The van der Waals surface area contributed by atoms with Gasteiger partial charge in [-0.1, -0.05) is 42.5 Å². The van der Waals surface area contributed by atoms with E-state index in [0.29, 0.717) is 43.4 Å². The van der Waals surface area contributed by atoms with Crippen LogP contribution in [0.2, 0.25) is 0 Å². The number of carbonyl (C=O) groups is 1. The fourth-order valence-electron chi connectivity index (χ4n) is 4.28. The number of aromatic nitrogens is 4. The minimum absolute atomic E-state index is 0.310. The molecule has 9 heteroatoms. The summed E-state index contributed by atoms with van der Waals surface area (Å²) in [6, 6.07) is 19.7. The Balaban J connectivity index is 1.34. The Morgan fingerprint density at radius 2 is 1.79 bits per heavy atom. The number of benzene rings is 2. The maximum atomic E-state index is 12.4. The van der Waals surface area contributed by atoms with Crippen LogP contribution >= 0.6 is 0 Å².